The summed E-state index contributed by atoms with van der Waals surface area (Å²) in [5.74, 6) is 0.823. The number of rotatable bonds is 3. The Hall–Kier alpha value is -1.78. The van der Waals surface area contributed by atoms with Crippen molar-refractivity contribution in [1.82, 2.24) is 4.98 Å². The SMILES string of the molecule is CC(=O)Nc1ccc(Oc2c(Cl)c(C)nc(C)c2Cl)cc1. The molecule has 0 saturated heterocycles. The molecule has 1 heterocycles. The van der Waals surface area contributed by atoms with Crippen LogP contribution in [-0.4, -0.2) is 10.9 Å². The number of pyridine rings is 1. The molecule has 0 aliphatic rings. The van der Waals surface area contributed by atoms with Gasteiger partial charge in [-0.2, -0.15) is 0 Å². The molecule has 1 N–H and O–H groups in total. The molecule has 21 heavy (non-hydrogen) atoms. The molecule has 0 spiro atoms. The lowest BCUT2D eigenvalue weighted by atomic mass is 10.2. The lowest BCUT2D eigenvalue weighted by Gasteiger charge is -2.13. The first-order valence-corrected chi connectivity index (χ1v) is 7.01. The van der Waals surface area contributed by atoms with Crippen LogP contribution in [0.4, 0.5) is 5.69 Å². The molecular weight excluding hydrogens is 311 g/mol. The number of halogens is 2. The average molecular weight is 325 g/mol. The van der Waals surface area contributed by atoms with Crippen molar-refractivity contribution in [1.29, 1.82) is 0 Å². The van der Waals surface area contributed by atoms with Crippen molar-refractivity contribution in [3.63, 3.8) is 0 Å². The normalized spacial score (nSPS) is 10.3. The largest absolute Gasteiger partial charge is 0.454 e. The first kappa shape index (κ1) is 15.6. The van der Waals surface area contributed by atoms with Gasteiger partial charge in [-0.25, -0.2) is 0 Å². The molecule has 1 amide bonds. The highest BCUT2D eigenvalue weighted by molar-refractivity contribution is 6.37. The minimum absolute atomic E-state index is 0.129. The van der Waals surface area contributed by atoms with Crippen LogP contribution in [0, 0.1) is 13.8 Å². The summed E-state index contributed by atoms with van der Waals surface area (Å²) in [5.41, 5.74) is 2.00. The van der Waals surface area contributed by atoms with Crippen LogP contribution in [0.1, 0.15) is 18.3 Å². The summed E-state index contributed by atoms with van der Waals surface area (Å²) >= 11 is 12.4. The van der Waals surface area contributed by atoms with Crippen LogP contribution < -0.4 is 10.1 Å². The van der Waals surface area contributed by atoms with Gasteiger partial charge in [0.1, 0.15) is 15.8 Å². The van der Waals surface area contributed by atoms with E-state index in [0.29, 0.717) is 38.6 Å². The zero-order valence-electron chi connectivity index (χ0n) is 11.8. The van der Waals surface area contributed by atoms with Gasteiger partial charge in [-0.05, 0) is 38.1 Å². The van der Waals surface area contributed by atoms with E-state index in [2.05, 4.69) is 10.3 Å². The van der Waals surface area contributed by atoms with E-state index in [1.165, 1.54) is 6.92 Å². The predicted molar refractivity (Wildman–Crippen MR) is 84.6 cm³/mol. The number of hydrogen-bond acceptors (Lipinski definition) is 3. The Morgan fingerprint density at radius 1 is 1.10 bits per heavy atom. The maximum absolute atomic E-state index is 11.0. The van der Waals surface area contributed by atoms with E-state index in [9.17, 15) is 4.79 Å². The molecule has 2 aromatic rings. The van der Waals surface area contributed by atoms with Crippen LogP contribution >= 0.6 is 23.2 Å². The second-order valence-corrected chi connectivity index (χ2v) is 5.30. The van der Waals surface area contributed by atoms with Gasteiger partial charge in [-0.15, -0.1) is 0 Å². The van der Waals surface area contributed by atoms with Gasteiger partial charge in [-0.3, -0.25) is 9.78 Å². The van der Waals surface area contributed by atoms with Gasteiger partial charge in [0.2, 0.25) is 5.91 Å². The van der Waals surface area contributed by atoms with Crippen molar-refractivity contribution in [3.8, 4) is 11.5 Å². The quantitative estimate of drug-likeness (QED) is 0.885. The Kier molecular flexibility index (Phi) is 4.70. The fraction of sp³-hybridized carbons (Fsp3) is 0.200. The number of aromatic nitrogens is 1. The van der Waals surface area contributed by atoms with Crippen LogP contribution in [0.5, 0.6) is 11.5 Å². The van der Waals surface area contributed by atoms with E-state index >= 15 is 0 Å². The average Bonchev–Trinajstić information content (AvgIpc) is 2.43. The molecule has 0 radical (unpaired) electrons. The highest BCUT2D eigenvalue weighted by Gasteiger charge is 2.15. The van der Waals surface area contributed by atoms with Crippen molar-refractivity contribution >= 4 is 34.8 Å². The highest BCUT2D eigenvalue weighted by atomic mass is 35.5. The van der Waals surface area contributed by atoms with E-state index in [4.69, 9.17) is 27.9 Å². The number of hydrogen-bond donors (Lipinski definition) is 1. The van der Waals surface area contributed by atoms with Gasteiger partial charge in [0.25, 0.3) is 0 Å². The van der Waals surface area contributed by atoms with E-state index in [0.717, 1.165) is 0 Å². The fourth-order valence-corrected chi connectivity index (χ4v) is 2.19. The number of nitrogens with one attached hydrogen (secondary N) is 1. The maximum atomic E-state index is 11.0. The molecule has 110 valence electrons. The summed E-state index contributed by atoms with van der Waals surface area (Å²) in [4.78, 5) is 15.2. The number of ether oxygens (including phenoxy) is 1. The molecule has 1 aromatic heterocycles. The lowest BCUT2D eigenvalue weighted by Crippen LogP contribution is -2.05. The lowest BCUT2D eigenvalue weighted by molar-refractivity contribution is -0.114. The Balaban J connectivity index is 2.28. The number of carbonyl (C=O) groups excluding carboxylic acids is 1. The third-order valence-electron chi connectivity index (χ3n) is 2.76. The monoisotopic (exact) mass is 324 g/mol. The van der Waals surface area contributed by atoms with Gasteiger partial charge >= 0.3 is 0 Å². The van der Waals surface area contributed by atoms with Gasteiger partial charge < -0.3 is 10.1 Å². The zero-order valence-corrected chi connectivity index (χ0v) is 13.3. The number of anilines is 1. The van der Waals surface area contributed by atoms with Crippen molar-refractivity contribution < 1.29 is 9.53 Å². The highest BCUT2D eigenvalue weighted by Crippen LogP contribution is 2.39. The molecule has 0 bridgehead atoms. The molecule has 0 atom stereocenters. The molecule has 0 saturated carbocycles. The van der Waals surface area contributed by atoms with E-state index in [-0.39, 0.29) is 5.91 Å². The number of benzene rings is 1. The molecule has 4 nitrogen and oxygen atoms in total. The predicted octanol–water partition coefficient (Wildman–Crippen LogP) is 4.76. The van der Waals surface area contributed by atoms with Crippen molar-refractivity contribution in [2.24, 2.45) is 0 Å². The van der Waals surface area contributed by atoms with Crippen molar-refractivity contribution in [2.75, 3.05) is 5.32 Å². The summed E-state index contributed by atoms with van der Waals surface area (Å²) in [6.45, 7) is 5.03. The fourth-order valence-electron chi connectivity index (χ4n) is 1.79. The molecule has 2 rings (SSSR count). The standard InChI is InChI=1S/C15H14Cl2N2O2/c1-8-13(16)15(14(17)9(2)18-8)21-12-6-4-11(5-7-12)19-10(3)20/h4-7H,1-3H3,(H,19,20). The summed E-state index contributed by atoms with van der Waals surface area (Å²) in [5, 5.41) is 3.45. The molecule has 0 aliphatic heterocycles. The molecule has 0 fully saturated rings. The molecule has 0 aliphatic carbocycles. The summed E-state index contributed by atoms with van der Waals surface area (Å²) in [6, 6.07) is 6.92. The van der Waals surface area contributed by atoms with Gasteiger partial charge in [0.15, 0.2) is 5.75 Å². The van der Waals surface area contributed by atoms with Crippen molar-refractivity contribution in [2.45, 2.75) is 20.8 Å². The summed E-state index contributed by atoms with van der Waals surface area (Å²) in [6.07, 6.45) is 0. The minimum atomic E-state index is -0.129. The Morgan fingerprint density at radius 2 is 1.62 bits per heavy atom. The third-order valence-corrected chi connectivity index (χ3v) is 3.65. The first-order chi connectivity index (χ1) is 9.88. The summed E-state index contributed by atoms with van der Waals surface area (Å²) in [7, 11) is 0. The molecular formula is C15H14Cl2N2O2. The smallest absolute Gasteiger partial charge is 0.221 e. The van der Waals surface area contributed by atoms with Gasteiger partial charge in [0, 0.05) is 12.6 Å². The van der Waals surface area contributed by atoms with Gasteiger partial charge in [-0.1, -0.05) is 23.2 Å². The van der Waals surface area contributed by atoms with Crippen LogP contribution in [-0.2, 0) is 4.79 Å². The maximum Gasteiger partial charge on any atom is 0.221 e. The van der Waals surface area contributed by atoms with Crippen LogP contribution in [0.2, 0.25) is 10.0 Å². The van der Waals surface area contributed by atoms with Gasteiger partial charge in [0.05, 0.1) is 11.4 Å². The van der Waals surface area contributed by atoms with Crippen LogP contribution in [0.15, 0.2) is 24.3 Å². The number of carbonyl (C=O) groups is 1. The second-order valence-electron chi connectivity index (χ2n) is 4.55. The Bertz CT molecular complexity index is 659. The third kappa shape index (κ3) is 3.65. The Labute approximate surface area is 133 Å². The summed E-state index contributed by atoms with van der Waals surface area (Å²) < 4.78 is 5.74. The molecule has 0 unspecified atom stereocenters. The van der Waals surface area contributed by atoms with E-state index in [1.807, 2.05) is 0 Å². The topological polar surface area (TPSA) is 51.2 Å². The molecule has 1 aromatic carbocycles. The van der Waals surface area contributed by atoms with Crippen LogP contribution in [0.25, 0.3) is 0 Å². The zero-order chi connectivity index (χ0) is 15.6. The van der Waals surface area contributed by atoms with E-state index < -0.39 is 0 Å². The Morgan fingerprint density at radius 3 is 2.10 bits per heavy atom. The van der Waals surface area contributed by atoms with Crippen LogP contribution in [0.3, 0.4) is 0 Å². The molecule has 6 heteroatoms. The van der Waals surface area contributed by atoms with E-state index in [1.54, 1.807) is 38.1 Å². The second kappa shape index (κ2) is 6.33. The minimum Gasteiger partial charge on any atom is -0.454 e. The first-order valence-electron chi connectivity index (χ1n) is 6.26. The number of amides is 1. The van der Waals surface area contributed by atoms with Crippen molar-refractivity contribution in [3.05, 3.63) is 45.7 Å². The number of aryl methyl sites for hydroxylation is 2. The number of nitrogens with zero attached hydrogens (tertiary/aromatic N) is 1.